The Balaban J connectivity index is 2.75. The van der Waals surface area contributed by atoms with Gasteiger partial charge in [0, 0.05) is 20.3 Å². The van der Waals surface area contributed by atoms with Crippen molar-refractivity contribution in [2.24, 2.45) is 0 Å². The standard InChI is InChI=1S/C12H19NO4S/c1-10(14)11-5-3-6-12(9-11)18(15,16)13-7-4-8-17-2/h3,5-6,9-10,13-14H,4,7-8H2,1-2H3. The first kappa shape index (κ1) is 15.1. The maximum Gasteiger partial charge on any atom is 0.240 e. The number of rotatable bonds is 7. The highest BCUT2D eigenvalue weighted by Gasteiger charge is 2.14. The van der Waals surface area contributed by atoms with Gasteiger partial charge in [-0.05, 0) is 31.0 Å². The Morgan fingerprint density at radius 1 is 1.44 bits per heavy atom. The van der Waals surface area contributed by atoms with Crippen LogP contribution in [0.15, 0.2) is 29.2 Å². The third-order valence-corrected chi connectivity index (χ3v) is 3.93. The second-order valence-electron chi connectivity index (χ2n) is 3.99. The van der Waals surface area contributed by atoms with E-state index < -0.39 is 16.1 Å². The minimum Gasteiger partial charge on any atom is -0.389 e. The largest absolute Gasteiger partial charge is 0.389 e. The predicted molar refractivity (Wildman–Crippen MR) is 68.8 cm³/mol. The lowest BCUT2D eigenvalue weighted by Gasteiger charge is -2.09. The van der Waals surface area contributed by atoms with Crippen LogP contribution >= 0.6 is 0 Å². The average molecular weight is 273 g/mol. The molecule has 0 aliphatic heterocycles. The second kappa shape index (κ2) is 6.84. The van der Waals surface area contributed by atoms with Crippen molar-refractivity contribution >= 4 is 10.0 Å². The molecular formula is C12H19NO4S. The van der Waals surface area contributed by atoms with Gasteiger partial charge in [-0.3, -0.25) is 0 Å². The first-order valence-corrected chi connectivity index (χ1v) is 7.22. The van der Waals surface area contributed by atoms with Gasteiger partial charge < -0.3 is 9.84 Å². The summed E-state index contributed by atoms with van der Waals surface area (Å²) in [5.74, 6) is 0. The Kier molecular flexibility index (Phi) is 5.74. The van der Waals surface area contributed by atoms with E-state index in [2.05, 4.69) is 4.72 Å². The Morgan fingerprint density at radius 2 is 2.17 bits per heavy atom. The number of aliphatic hydroxyl groups is 1. The summed E-state index contributed by atoms with van der Waals surface area (Å²) >= 11 is 0. The fourth-order valence-electron chi connectivity index (χ4n) is 1.45. The molecule has 1 atom stereocenters. The molecule has 0 spiro atoms. The van der Waals surface area contributed by atoms with E-state index in [-0.39, 0.29) is 4.90 Å². The monoisotopic (exact) mass is 273 g/mol. The van der Waals surface area contributed by atoms with Crippen LogP contribution in [0.5, 0.6) is 0 Å². The molecule has 0 fully saturated rings. The molecule has 2 N–H and O–H groups in total. The van der Waals surface area contributed by atoms with Gasteiger partial charge in [0.2, 0.25) is 10.0 Å². The molecule has 0 amide bonds. The molecule has 0 saturated heterocycles. The van der Waals surface area contributed by atoms with Crippen molar-refractivity contribution in [3.63, 3.8) is 0 Å². The van der Waals surface area contributed by atoms with Crippen molar-refractivity contribution in [2.75, 3.05) is 20.3 Å². The van der Waals surface area contributed by atoms with Crippen molar-refractivity contribution < 1.29 is 18.3 Å². The molecule has 0 bridgehead atoms. The average Bonchev–Trinajstić information content (AvgIpc) is 2.35. The number of hydrogen-bond donors (Lipinski definition) is 2. The lowest BCUT2D eigenvalue weighted by Crippen LogP contribution is -2.25. The Bertz CT molecular complexity index is 471. The SMILES string of the molecule is COCCCNS(=O)(=O)c1cccc(C(C)O)c1. The minimum atomic E-state index is -3.51. The lowest BCUT2D eigenvalue weighted by atomic mass is 10.1. The molecule has 1 aromatic rings. The van der Waals surface area contributed by atoms with E-state index in [1.165, 1.54) is 12.1 Å². The summed E-state index contributed by atoms with van der Waals surface area (Å²) in [6, 6.07) is 6.29. The number of benzene rings is 1. The van der Waals surface area contributed by atoms with Gasteiger partial charge in [0.25, 0.3) is 0 Å². The van der Waals surface area contributed by atoms with Crippen molar-refractivity contribution in [3.8, 4) is 0 Å². The smallest absolute Gasteiger partial charge is 0.240 e. The zero-order chi connectivity index (χ0) is 13.6. The van der Waals surface area contributed by atoms with Gasteiger partial charge in [-0.1, -0.05) is 12.1 Å². The van der Waals surface area contributed by atoms with Crippen LogP contribution in [0.1, 0.15) is 25.0 Å². The van der Waals surface area contributed by atoms with Gasteiger partial charge in [0.1, 0.15) is 0 Å². The van der Waals surface area contributed by atoms with Crippen molar-refractivity contribution in [2.45, 2.75) is 24.3 Å². The van der Waals surface area contributed by atoms with Gasteiger partial charge in [-0.25, -0.2) is 13.1 Å². The summed E-state index contributed by atoms with van der Waals surface area (Å²) in [5.41, 5.74) is 0.578. The Morgan fingerprint density at radius 3 is 2.78 bits per heavy atom. The van der Waals surface area contributed by atoms with Gasteiger partial charge in [-0.2, -0.15) is 0 Å². The molecule has 0 radical (unpaired) electrons. The van der Waals surface area contributed by atoms with Crippen LogP contribution < -0.4 is 4.72 Å². The van der Waals surface area contributed by atoms with E-state index in [4.69, 9.17) is 4.74 Å². The summed E-state index contributed by atoms with van der Waals surface area (Å²) in [6.45, 7) is 2.43. The fraction of sp³-hybridized carbons (Fsp3) is 0.500. The summed E-state index contributed by atoms with van der Waals surface area (Å²) in [5, 5.41) is 9.43. The maximum atomic E-state index is 11.9. The van der Waals surface area contributed by atoms with Gasteiger partial charge in [0.05, 0.1) is 11.0 Å². The molecule has 102 valence electrons. The van der Waals surface area contributed by atoms with E-state index in [0.29, 0.717) is 25.1 Å². The lowest BCUT2D eigenvalue weighted by molar-refractivity contribution is 0.196. The molecule has 5 nitrogen and oxygen atoms in total. The van der Waals surface area contributed by atoms with Crippen LogP contribution in [-0.4, -0.2) is 33.8 Å². The molecule has 1 unspecified atom stereocenters. The summed E-state index contributed by atoms with van der Waals surface area (Å²) in [4.78, 5) is 0.165. The first-order valence-electron chi connectivity index (χ1n) is 5.74. The fourth-order valence-corrected chi connectivity index (χ4v) is 2.58. The van der Waals surface area contributed by atoms with Crippen LogP contribution in [0.25, 0.3) is 0 Å². The van der Waals surface area contributed by atoms with E-state index in [9.17, 15) is 13.5 Å². The normalized spacial score (nSPS) is 13.5. The quantitative estimate of drug-likeness (QED) is 0.728. The molecule has 1 aromatic carbocycles. The van der Waals surface area contributed by atoms with Crippen LogP contribution in [0.4, 0.5) is 0 Å². The third kappa shape index (κ3) is 4.38. The predicted octanol–water partition coefficient (Wildman–Crippen LogP) is 1.05. The van der Waals surface area contributed by atoms with E-state index in [1.807, 2.05) is 0 Å². The third-order valence-electron chi connectivity index (χ3n) is 2.47. The first-order chi connectivity index (χ1) is 8.47. The molecule has 0 saturated carbocycles. The molecule has 0 aliphatic rings. The van der Waals surface area contributed by atoms with Gasteiger partial charge >= 0.3 is 0 Å². The van der Waals surface area contributed by atoms with Crippen molar-refractivity contribution in [1.29, 1.82) is 0 Å². The van der Waals surface area contributed by atoms with E-state index in [1.54, 1.807) is 26.2 Å². The molecule has 18 heavy (non-hydrogen) atoms. The number of aliphatic hydroxyl groups excluding tert-OH is 1. The zero-order valence-corrected chi connectivity index (χ0v) is 11.4. The highest BCUT2D eigenvalue weighted by atomic mass is 32.2. The number of methoxy groups -OCH3 is 1. The number of ether oxygens (including phenoxy) is 1. The van der Waals surface area contributed by atoms with Gasteiger partial charge in [0.15, 0.2) is 0 Å². The highest BCUT2D eigenvalue weighted by Crippen LogP contribution is 2.16. The highest BCUT2D eigenvalue weighted by molar-refractivity contribution is 7.89. The van der Waals surface area contributed by atoms with Gasteiger partial charge in [-0.15, -0.1) is 0 Å². The molecular weight excluding hydrogens is 254 g/mol. The topological polar surface area (TPSA) is 75.6 Å². The van der Waals surface area contributed by atoms with Crippen LogP contribution in [0.3, 0.4) is 0 Å². The summed E-state index contributed by atoms with van der Waals surface area (Å²) < 4.78 is 31.2. The molecule has 6 heteroatoms. The van der Waals surface area contributed by atoms with Crippen LogP contribution in [0, 0.1) is 0 Å². The van der Waals surface area contributed by atoms with E-state index >= 15 is 0 Å². The minimum absolute atomic E-state index is 0.165. The van der Waals surface area contributed by atoms with Crippen molar-refractivity contribution in [3.05, 3.63) is 29.8 Å². The molecule has 0 aliphatic carbocycles. The summed E-state index contributed by atoms with van der Waals surface area (Å²) in [6.07, 6.45) is -0.0696. The number of hydrogen-bond acceptors (Lipinski definition) is 4. The van der Waals surface area contributed by atoms with Crippen molar-refractivity contribution in [1.82, 2.24) is 4.72 Å². The number of nitrogens with one attached hydrogen (secondary N) is 1. The maximum absolute atomic E-state index is 11.9. The summed E-state index contributed by atoms with van der Waals surface area (Å²) in [7, 11) is -1.94. The Labute approximate surface area is 108 Å². The molecule has 1 rings (SSSR count). The Hall–Kier alpha value is -0.950. The van der Waals surface area contributed by atoms with E-state index in [0.717, 1.165) is 0 Å². The second-order valence-corrected chi connectivity index (χ2v) is 5.76. The van der Waals surface area contributed by atoms with Crippen LogP contribution in [-0.2, 0) is 14.8 Å². The molecule has 0 heterocycles. The molecule has 0 aromatic heterocycles. The van der Waals surface area contributed by atoms with Crippen LogP contribution in [0.2, 0.25) is 0 Å². The zero-order valence-electron chi connectivity index (χ0n) is 10.6. The number of sulfonamides is 1.